The molecule has 7 heteroatoms. The average molecular weight is 305 g/mol. The van der Waals surface area contributed by atoms with Crippen LogP contribution in [0.2, 0.25) is 0 Å². The first-order chi connectivity index (χ1) is 10.7. The highest BCUT2D eigenvalue weighted by atomic mass is 16.5. The molecule has 0 aliphatic carbocycles. The molecule has 1 amide bonds. The van der Waals surface area contributed by atoms with Crippen LogP contribution in [0.3, 0.4) is 0 Å². The molecule has 1 aliphatic rings. The van der Waals surface area contributed by atoms with E-state index >= 15 is 0 Å². The van der Waals surface area contributed by atoms with Crippen LogP contribution >= 0.6 is 0 Å². The standard InChI is InChI=1S/C15H23N5O2/c1-3-19-13-10-17-20(15(13)11(2)18-19)7-6-14(21)16-9-12-5-4-8-22-12/h10,12H,3-9H2,1-2H3,(H,16,21). The first-order valence-electron chi connectivity index (χ1n) is 7.96. The summed E-state index contributed by atoms with van der Waals surface area (Å²) < 4.78 is 9.31. The van der Waals surface area contributed by atoms with Crippen LogP contribution in [0.15, 0.2) is 6.20 Å². The Bertz CT molecular complexity index is 654. The van der Waals surface area contributed by atoms with E-state index in [-0.39, 0.29) is 12.0 Å². The summed E-state index contributed by atoms with van der Waals surface area (Å²) in [6.45, 7) is 6.84. The van der Waals surface area contributed by atoms with Gasteiger partial charge in [-0.05, 0) is 26.7 Å². The molecule has 0 saturated carbocycles. The summed E-state index contributed by atoms with van der Waals surface area (Å²) in [6, 6.07) is 0. The van der Waals surface area contributed by atoms with Crippen molar-refractivity contribution in [1.29, 1.82) is 0 Å². The lowest BCUT2D eigenvalue weighted by molar-refractivity contribution is -0.121. The van der Waals surface area contributed by atoms with E-state index in [1.165, 1.54) is 0 Å². The molecule has 1 unspecified atom stereocenters. The first kappa shape index (κ1) is 15.0. The quantitative estimate of drug-likeness (QED) is 0.871. The smallest absolute Gasteiger partial charge is 0.221 e. The molecular weight excluding hydrogens is 282 g/mol. The number of amides is 1. The van der Waals surface area contributed by atoms with Gasteiger partial charge in [-0.25, -0.2) is 0 Å². The zero-order chi connectivity index (χ0) is 15.5. The van der Waals surface area contributed by atoms with Gasteiger partial charge >= 0.3 is 0 Å². The van der Waals surface area contributed by atoms with Crippen molar-refractivity contribution in [2.24, 2.45) is 0 Å². The van der Waals surface area contributed by atoms with Gasteiger partial charge in [0.2, 0.25) is 5.91 Å². The molecule has 3 rings (SSSR count). The van der Waals surface area contributed by atoms with Crippen molar-refractivity contribution in [2.75, 3.05) is 13.2 Å². The molecular formula is C15H23N5O2. The number of nitrogens with one attached hydrogen (secondary N) is 1. The van der Waals surface area contributed by atoms with Gasteiger partial charge in [0.15, 0.2) is 0 Å². The van der Waals surface area contributed by atoms with Crippen LogP contribution in [0.1, 0.15) is 31.9 Å². The fourth-order valence-electron chi connectivity index (χ4n) is 2.96. The predicted octanol–water partition coefficient (Wildman–Crippen LogP) is 1.25. The normalized spacial score (nSPS) is 18.2. The van der Waals surface area contributed by atoms with E-state index in [0.717, 1.165) is 42.7 Å². The maximum Gasteiger partial charge on any atom is 0.221 e. The van der Waals surface area contributed by atoms with Crippen molar-refractivity contribution < 1.29 is 9.53 Å². The van der Waals surface area contributed by atoms with Crippen LogP contribution in [0.4, 0.5) is 0 Å². The van der Waals surface area contributed by atoms with E-state index in [1.807, 2.05) is 22.5 Å². The third kappa shape index (κ3) is 2.99. The SMILES string of the molecule is CCn1nc(C)c2c1cnn2CCC(=O)NCC1CCCO1. The van der Waals surface area contributed by atoms with Crippen molar-refractivity contribution in [1.82, 2.24) is 24.9 Å². The summed E-state index contributed by atoms with van der Waals surface area (Å²) in [5.41, 5.74) is 3.00. The Kier molecular flexibility index (Phi) is 4.42. The van der Waals surface area contributed by atoms with Crippen molar-refractivity contribution >= 4 is 16.9 Å². The highest BCUT2D eigenvalue weighted by Crippen LogP contribution is 2.18. The summed E-state index contributed by atoms with van der Waals surface area (Å²) in [6.07, 6.45) is 4.55. The van der Waals surface area contributed by atoms with E-state index in [1.54, 1.807) is 0 Å². The minimum absolute atomic E-state index is 0.0414. The fourth-order valence-corrected chi connectivity index (χ4v) is 2.96. The van der Waals surface area contributed by atoms with E-state index in [2.05, 4.69) is 22.4 Å². The average Bonchev–Trinajstić information content (AvgIpc) is 3.22. The number of fused-ring (bicyclic) bond motifs is 1. The van der Waals surface area contributed by atoms with Crippen molar-refractivity contribution in [3.8, 4) is 0 Å². The largest absolute Gasteiger partial charge is 0.376 e. The number of hydrogen-bond donors (Lipinski definition) is 1. The van der Waals surface area contributed by atoms with E-state index in [4.69, 9.17) is 4.74 Å². The predicted molar refractivity (Wildman–Crippen MR) is 82.5 cm³/mol. The number of hydrogen-bond acceptors (Lipinski definition) is 4. The van der Waals surface area contributed by atoms with Crippen LogP contribution in [0.5, 0.6) is 0 Å². The Hall–Kier alpha value is -1.89. The number of aryl methyl sites for hydroxylation is 3. The highest BCUT2D eigenvalue weighted by molar-refractivity contribution is 5.78. The summed E-state index contributed by atoms with van der Waals surface area (Å²) in [4.78, 5) is 11.9. The fraction of sp³-hybridized carbons (Fsp3) is 0.667. The molecule has 1 saturated heterocycles. The van der Waals surface area contributed by atoms with Gasteiger partial charge in [-0.1, -0.05) is 0 Å². The molecule has 1 aliphatic heterocycles. The van der Waals surface area contributed by atoms with Gasteiger partial charge < -0.3 is 10.1 Å². The molecule has 0 radical (unpaired) electrons. The van der Waals surface area contributed by atoms with Gasteiger partial charge in [-0.2, -0.15) is 10.2 Å². The Balaban J connectivity index is 1.56. The molecule has 22 heavy (non-hydrogen) atoms. The lowest BCUT2D eigenvalue weighted by atomic mass is 10.2. The van der Waals surface area contributed by atoms with Crippen molar-refractivity contribution in [2.45, 2.75) is 52.3 Å². The van der Waals surface area contributed by atoms with Gasteiger partial charge in [0.05, 0.1) is 24.5 Å². The summed E-state index contributed by atoms with van der Waals surface area (Å²) in [5.74, 6) is 0.0414. The highest BCUT2D eigenvalue weighted by Gasteiger charge is 2.17. The number of carbonyl (C=O) groups is 1. The molecule has 0 spiro atoms. The van der Waals surface area contributed by atoms with Gasteiger partial charge in [0.25, 0.3) is 0 Å². The molecule has 120 valence electrons. The number of aromatic nitrogens is 4. The van der Waals surface area contributed by atoms with E-state index < -0.39 is 0 Å². The zero-order valence-electron chi connectivity index (χ0n) is 13.2. The third-order valence-corrected chi connectivity index (χ3v) is 4.11. The van der Waals surface area contributed by atoms with E-state index in [9.17, 15) is 4.79 Å². The maximum atomic E-state index is 11.9. The summed E-state index contributed by atoms with van der Waals surface area (Å²) >= 11 is 0. The van der Waals surface area contributed by atoms with Crippen LogP contribution in [-0.2, 0) is 22.6 Å². The van der Waals surface area contributed by atoms with Gasteiger partial charge in [-0.15, -0.1) is 0 Å². The lowest BCUT2D eigenvalue weighted by Gasteiger charge is -2.10. The van der Waals surface area contributed by atoms with Crippen LogP contribution < -0.4 is 5.32 Å². The molecule has 2 aromatic rings. The summed E-state index contributed by atoms with van der Waals surface area (Å²) in [7, 11) is 0. The first-order valence-corrected chi connectivity index (χ1v) is 7.96. The molecule has 1 atom stereocenters. The lowest BCUT2D eigenvalue weighted by Crippen LogP contribution is -2.32. The topological polar surface area (TPSA) is 74.0 Å². The molecule has 1 fully saturated rings. The number of ether oxygens (including phenoxy) is 1. The molecule has 0 aromatic carbocycles. The Morgan fingerprint density at radius 1 is 1.50 bits per heavy atom. The van der Waals surface area contributed by atoms with Gasteiger partial charge in [0, 0.05) is 26.1 Å². The third-order valence-electron chi connectivity index (χ3n) is 4.11. The zero-order valence-corrected chi connectivity index (χ0v) is 13.2. The summed E-state index contributed by atoms with van der Waals surface area (Å²) in [5, 5.41) is 11.8. The van der Waals surface area contributed by atoms with E-state index in [0.29, 0.717) is 19.5 Å². The van der Waals surface area contributed by atoms with Crippen LogP contribution in [0.25, 0.3) is 11.0 Å². The maximum absolute atomic E-state index is 11.9. The van der Waals surface area contributed by atoms with Crippen molar-refractivity contribution in [3.05, 3.63) is 11.9 Å². The number of nitrogens with zero attached hydrogens (tertiary/aromatic N) is 4. The molecule has 0 bridgehead atoms. The van der Waals surface area contributed by atoms with Gasteiger partial charge in [0.1, 0.15) is 11.0 Å². The minimum Gasteiger partial charge on any atom is -0.376 e. The second-order valence-electron chi connectivity index (χ2n) is 5.69. The second kappa shape index (κ2) is 6.48. The number of carbonyl (C=O) groups excluding carboxylic acids is 1. The van der Waals surface area contributed by atoms with Crippen molar-refractivity contribution in [3.63, 3.8) is 0 Å². The Morgan fingerprint density at radius 2 is 2.36 bits per heavy atom. The Labute approximate surface area is 129 Å². The van der Waals surface area contributed by atoms with Crippen LogP contribution in [-0.4, -0.2) is 44.7 Å². The molecule has 7 nitrogen and oxygen atoms in total. The molecule has 3 heterocycles. The molecule has 2 aromatic heterocycles. The minimum atomic E-state index is 0.0414. The van der Waals surface area contributed by atoms with Gasteiger partial charge in [-0.3, -0.25) is 14.2 Å². The number of rotatable bonds is 6. The van der Waals surface area contributed by atoms with Crippen LogP contribution in [0, 0.1) is 6.92 Å². The molecule has 1 N–H and O–H groups in total. The monoisotopic (exact) mass is 305 g/mol. The second-order valence-corrected chi connectivity index (χ2v) is 5.69. The Morgan fingerprint density at radius 3 is 3.09 bits per heavy atom.